The van der Waals surface area contributed by atoms with Crippen molar-refractivity contribution in [1.29, 1.82) is 0 Å². The Balaban J connectivity index is 2.69. The summed E-state index contributed by atoms with van der Waals surface area (Å²) in [7, 11) is 0. The molecule has 1 rings (SSSR count). The van der Waals surface area contributed by atoms with Gasteiger partial charge in [0.2, 0.25) is 0 Å². The molecule has 0 saturated heterocycles. The molecule has 3 N–H and O–H groups in total. The first kappa shape index (κ1) is 11.2. The van der Waals surface area contributed by atoms with Gasteiger partial charge < -0.3 is 0 Å². The van der Waals surface area contributed by atoms with Gasteiger partial charge in [-0.1, -0.05) is 45.0 Å². The zero-order valence-electron chi connectivity index (χ0n) is 9.30. The van der Waals surface area contributed by atoms with Gasteiger partial charge in [-0.25, -0.2) is 0 Å². The van der Waals surface area contributed by atoms with Crippen molar-refractivity contribution >= 4 is 0 Å². The van der Waals surface area contributed by atoms with Crippen LogP contribution in [0.2, 0.25) is 0 Å². The molecule has 2 nitrogen and oxygen atoms in total. The summed E-state index contributed by atoms with van der Waals surface area (Å²) in [5.74, 6) is 5.23. The predicted octanol–water partition coefficient (Wildman–Crippen LogP) is 1.99. The van der Waals surface area contributed by atoms with Gasteiger partial charge in [0, 0.05) is 6.54 Å². The average Bonchev–Trinajstić information content (AvgIpc) is 2.14. The molecular weight excluding hydrogens is 172 g/mol. The Morgan fingerprint density at radius 2 is 1.71 bits per heavy atom. The van der Waals surface area contributed by atoms with Gasteiger partial charge in [-0.05, 0) is 23.0 Å². The van der Waals surface area contributed by atoms with E-state index in [1.165, 1.54) is 11.1 Å². The van der Waals surface area contributed by atoms with E-state index in [2.05, 4.69) is 50.5 Å². The lowest BCUT2D eigenvalue weighted by molar-refractivity contribution is 0.590. The topological polar surface area (TPSA) is 38.0 Å². The molecule has 0 aromatic heterocycles. The Bertz CT molecular complexity index is 269. The van der Waals surface area contributed by atoms with E-state index in [9.17, 15) is 0 Å². The minimum atomic E-state index is 0.241. The van der Waals surface area contributed by atoms with Crippen molar-refractivity contribution in [3.8, 4) is 0 Å². The third-order valence-corrected chi connectivity index (χ3v) is 2.38. The molecule has 0 atom stereocenters. The minimum absolute atomic E-state index is 0.241. The fourth-order valence-corrected chi connectivity index (χ4v) is 1.39. The maximum atomic E-state index is 5.23. The molecule has 0 bridgehead atoms. The molecule has 0 heterocycles. The fraction of sp³-hybridized carbons (Fsp3) is 0.500. The molecule has 0 unspecified atom stereocenters. The van der Waals surface area contributed by atoms with Crippen molar-refractivity contribution in [2.45, 2.75) is 32.6 Å². The molecule has 78 valence electrons. The van der Waals surface area contributed by atoms with E-state index < -0.39 is 0 Å². The molecule has 0 aliphatic heterocycles. The highest BCUT2D eigenvalue weighted by Gasteiger charge is 2.12. The summed E-state index contributed by atoms with van der Waals surface area (Å²) >= 11 is 0. The first-order chi connectivity index (χ1) is 6.54. The van der Waals surface area contributed by atoms with E-state index in [1.807, 2.05) is 0 Å². The first-order valence-electron chi connectivity index (χ1n) is 5.07. The van der Waals surface area contributed by atoms with Gasteiger partial charge in [0.15, 0.2) is 0 Å². The number of benzene rings is 1. The molecule has 0 saturated carbocycles. The first-order valence-corrected chi connectivity index (χ1v) is 5.07. The van der Waals surface area contributed by atoms with Crippen LogP contribution in [-0.2, 0) is 11.8 Å². The second-order valence-electron chi connectivity index (χ2n) is 4.65. The maximum absolute atomic E-state index is 5.23. The van der Waals surface area contributed by atoms with E-state index in [1.54, 1.807) is 0 Å². The third-order valence-electron chi connectivity index (χ3n) is 2.38. The average molecular weight is 192 g/mol. The molecule has 2 heteroatoms. The van der Waals surface area contributed by atoms with E-state index in [-0.39, 0.29) is 5.41 Å². The lowest BCUT2D eigenvalue weighted by Gasteiger charge is -2.19. The van der Waals surface area contributed by atoms with Crippen LogP contribution in [0, 0.1) is 0 Å². The molecule has 0 amide bonds. The van der Waals surface area contributed by atoms with Crippen LogP contribution in [-0.4, -0.2) is 6.54 Å². The van der Waals surface area contributed by atoms with Gasteiger partial charge in [-0.15, -0.1) is 0 Å². The van der Waals surface area contributed by atoms with Gasteiger partial charge in [-0.3, -0.25) is 11.3 Å². The monoisotopic (exact) mass is 192 g/mol. The van der Waals surface area contributed by atoms with Crippen LogP contribution in [0.15, 0.2) is 24.3 Å². The number of hydrazine groups is 1. The Hall–Kier alpha value is -0.860. The molecule has 0 aliphatic carbocycles. The summed E-state index contributed by atoms with van der Waals surface area (Å²) in [6.07, 6.45) is 0.987. The summed E-state index contributed by atoms with van der Waals surface area (Å²) in [5, 5.41) is 0. The Kier molecular flexibility index (Phi) is 3.67. The molecule has 0 spiro atoms. The highest BCUT2D eigenvalue weighted by Crippen LogP contribution is 2.22. The number of nitrogens with two attached hydrogens (primary N) is 1. The van der Waals surface area contributed by atoms with Crippen LogP contribution >= 0.6 is 0 Å². The van der Waals surface area contributed by atoms with Crippen molar-refractivity contribution in [1.82, 2.24) is 5.43 Å². The molecule has 1 aromatic carbocycles. The molecular formula is C12H20N2. The van der Waals surface area contributed by atoms with Crippen molar-refractivity contribution in [2.24, 2.45) is 5.84 Å². The second kappa shape index (κ2) is 4.58. The predicted molar refractivity (Wildman–Crippen MR) is 61.0 cm³/mol. The minimum Gasteiger partial charge on any atom is -0.271 e. The number of hydrogen-bond acceptors (Lipinski definition) is 2. The smallest absolute Gasteiger partial charge is 0.0138 e. The van der Waals surface area contributed by atoms with Crippen LogP contribution in [0.1, 0.15) is 31.9 Å². The summed E-state index contributed by atoms with van der Waals surface area (Å²) in [4.78, 5) is 0. The second-order valence-corrected chi connectivity index (χ2v) is 4.65. The maximum Gasteiger partial charge on any atom is 0.0138 e. The van der Waals surface area contributed by atoms with Crippen molar-refractivity contribution in [3.63, 3.8) is 0 Å². The summed E-state index contributed by atoms with van der Waals surface area (Å²) < 4.78 is 0. The number of hydrogen-bond donors (Lipinski definition) is 2. The molecule has 1 aromatic rings. The van der Waals surface area contributed by atoms with E-state index in [4.69, 9.17) is 5.84 Å². The Labute approximate surface area is 86.5 Å². The standard InChI is InChI=1S/C12H20N2/c1-12(2,3)11-6-4-10(5-7-11)8-9-14-13/h4-7,14H,8-9,13H2,1-3H3. The molecule has 0 aliphatic rings. The zero-order chi connectivity index (χ0) is 10.6. The van der Waals surface area contributed by atoms with Crippen LogP contribution in [0.4, 0.5) is 0 Å². The number of rotatable bonds is 3. The quantitative estimate of drug-likeness (QED) is 0.568. The Morgan fingerprint density at radius 1 is 1.14 bits per heavy atom. The zero-order valence-corrected chi connectivity index (χ0v) is 9.30. The summed E-state index contributed by atoms with van der Waals surface area (Å²) in [6, 6.07) is 8.76. The molecule has 0 radical (unpaired) electrons. The van der Waals surface area contributed by atoms with Gasteiger partial charge in [0.25, 0.3) is 0 Å². The van der Waals surface area contributed by atoms with Gasteiger partial charge in [-0.2, -0.15) is 0 Å². The summed E-state index contributed by atoms with van der Waals surface area (Å²) in [6.45, 7) is 7.51. The number of nitrogens with one attached hydrogen (secondary N) is 1. The van der Waals surface area contributed by atoms with Crippen LogP contribution < -0.4 is 11.3 Å². The normalized spacial score (nSPS) is 11.7. The lowest BCUT2D eigenvalue weighted by Crippen LogP contribution is -2.24. The van der Waals surface area contributed by atoms with Gasteiger partial charge >= 0.3 is 0 Å². The van der Waals surface area contributed by atoms with Gasteiger partial charge in [0.05, 0.1) is 0 Å². The van der Waals surface area contributed by atoms with Gasteiger partial charge in [0.1, 0.15) is 0 Å². The van der Waals surface area contributed by atoms with Crippen molar-refractivity contribution in [2.75, 3.05) is 6.54 Å². The van der Waals surface area contributed by atoms with Crippen molar-refractivity contribution in [3.05, 3.63) is 35.4 Å². The largest absolute Gasteiger partial charge is 0.271 e. The molecule has 14 heavy (non-hydrogen) atoms. The Morgan fingerprint density at radius 3 is 2.14 bits per heavy atom. The molecule has 0 fully saturated rings. The highest BCUT2D eigenvalue weighted by atomic mass is 15.2. The van der Waals surface area contributed by atoms with Crippen LogP contribution in [0.5, 0.6) is 0 Å². The van der Waals surface area contributed by atoms with E-state index in [0.29, 0.717) is 0 Å². The summed E-state index contributed by atoms with van der Waals surface area (Å²) in [5.41, 5.74) is 5.61. The van der Waals surface area contributed by atoms with E-state index in [0.717, 1.165) is 13.0 Å². The SMILES string of the molecule is CC(C)(C)c1ccc(CCNN)cc1. The highest BCUT2D eigenvalue weighted by molar-refractivity contribution is 5.27. The van der Waals surface area contributed by atoms with Crippen LogP contribution in [0.25, 0.3) is 0 Å². The lowest BCUT2D eigenvalue weighted by atomic mass is 9.86. The van der Waals surface area contributed by atoms with Crippen molar-refractivity contribution < 1.29 is 0 Å². The van der Waals surface area contributed by atoms with E-state index >= 15 is 0 Å². The van der Waals surface area contributed by atoms with Crippen LogP contribution in [0.3, 0.4) is 0 Å². The fourth-order valence-electron chi connectivity index (χ4n) is 1.39. The third kappa shape index (κ3) is 3.13.